The smallest absolute Gasteiger partial charge is 0.309 e. The molecule has 1 N–H and O–H groups in total. The van der Waals surface area contributed by atoms with Crippen LogP contribution in [0, 0.1) is 0 Å². The van der Waals surface area contributed by atoms with Crippen molar-refractivity contribution in [1.29, 1.82) is 0 Å². The van der Waals surface area contributed by atoms with Crippen molar-refractivity contribution in [2.24, 2.45) is 0 Å². The Balaban J connectivity index is 2.05. The Morgan fingerprint density at radius 2 is 2.14 bits per heavy atom. The molecular formula is C12H9ClF2N4O3. The van der Waals surface area contributed by atoms with Crippen LogP contribution in [0.15, 0.2) is 23.0 Å². The number of likely N-dealkylation sites (tertiary alicyclic amines) is 1. The quantitative estimate of drug-likeness (QED) is 0.885. The molecule has 0 aromatic carbocycles. The van der Waals surface area contributed by atoms with Gasteiger partial charge in [0.25, 0.3) is 11.5 Å². The lowest BCUT2D eigenvalue weighted by atomic mass is 9.95. The van der Waals surface area contributed by atoms with E-state index in [1.165, 1.54) is 12.4 Å². The van der Waals surface area contributed by atoms with E-state index in [4.69, 9.17) is 16.1 Å². The molecule has 0 bridgehead atoms. The van der Waals surface area contributed by atoms with Gasteiger partial charge in [-0.15, -0.1) is 0 Å². The van der Waals surface area contributed by atoms with Crippen LogP contribution in [-0.2, 0) is 10.4 Å². The summed E-state index contributed by atoms with van der Waals surface area (Å²) in [5.74, 6) is -5.55. The zero-order valence-corrected chi connectivity index (χ0v) is 11.9. The van der Waals surface area contributed by atoms with Crippen LogP contribution in [0.25, 0.3) is 11.4 Å². The molecular weight excluding hydrogens is 322 g/mol. The SMILES string of the molecule is CN1CC(F)(F)[C@@](O)(c2cc(-c3cncc(Cl)n3)no2)C1=O. The first kappa shape index (κ1) is 14.8. The van der Waals surface area contributed by atoms with E-state index in [0.717, 1.165) is 18.0 Å². The Morgan fingerprint density at radius 3 is 2.73 bits per heavy atom. The normalized spacial score (nSPS) is 24.0. The van der Waals surface area contributed by atoms with Crippen LogP contribution in [-0.4, -0.2) is 50.6 Å². The summed E-state index contributed by atoms with van der Waals surface area (Å²) in [7, 11) is 1.16. The van der Waals surface area contributed by atoms with Crippen molar-refractivity contribution >= 4 is 17.5 Å². The van der Waals surface area contributed by atoms with E-state index in [-0.39, 0.29) is 16.5 Å². The average Bonchev–Trinajstić information content (AvgIpc) is 2.99. The molecule has 2 aromatic heterocycles. The summed E-state index contributed by atoms with van der Waals surface area (Å²) in [6, 6.07) is 1.02. The van der Waals surface area contributed by atoms with Gasteiger partial charge in [-0.3, -0.25) is 9.78 Å². The van der Waals surface area contributed by atoms with Crippen LogP contribution < -0.4 is 0 Å². The molecule has 3 heterocycles. The molecule has 1 fully saturated rings. The fraction of sp³-hybridized carbons (Fsp3) is 0.333. The largest absolute Gasteiger partial charge is 0.368 e. The molecule has 0 spiro atoms. The lowest BCUT2D eigenvalue weighted by molar-refractivity contribution is -0.179. The van der Waals surface area contributed by atoms with Crippen LogP contribution in [0.3, 0.4) is 0 Å². The molecule has 0 saturated carbocycles. The first-order valence-electron chi connectivity index (χ1n) is 6.06. The van der Waals surface area contributed by atoms with Gasteiger partial charge in [0, 0.05) is 13.1 Å². The Morgan fingerprint density at radius 1 is 1.41 bits per heavy atom. The van der Waals surface area contributed by atoms with Crippen molar-refractivity contribution in [2.45, 2.75) is 11.5 Å². The lowest BCUT2D eigenvalue weighted by Crippen LogP contribution is -2.46. The predicted molar refractivity (Wildman–Crippen MR) is 69.0 cm³/mol. The van der Waals surface area contributed by atoms with E-state index in [9.17, 15) is 18.7 Å². The van der Waals surface area contributed by atoms with Crippen LogP contribution >= 0.6 is 11.6 Å². The van der Waals surface area contributed by atoms with Gasteiger partial charge in [-0.2, -0.15) is 0 Å². The summed E-state index contributed by atoms with van der Waals surface area (Å²) in [4.78, 5) is 20.3. The standard InChI is InChI=1S/C12H9ClF2N4O3/c1-19-5-11(14,15)12(21,10(19)20)8-2-6(18-22-8)7-3-16-4-9(13)17-7/h2-4,21H,5H2,1H3/t12-/m1/s1. The maximum atomic E-state index is 14.0. The van der Waals surface area contributed by atoms with Crippen molar-refractivity contribution in [3.05, 3.63) is 29.4 Å². The number of nitrogens with zero attached hydrogens (tertiary/aromatic N) is 4. The van der Waals surface area contributed by atoms with Crippen molar-refractivity contribution in [3.63, 3.8) is 0 Å². The maximum Gasteiger partial charge on any atom is 0.309 e. The molecule has 1 aliphatic heterocycles. The first-order chi connectivity index (χ1) is 10.3. The Hall–Kier alpha value is -2.13. The number of hydrogen-bond acceptors (Lipinski definition) is 6. The molecule has 1 atom stereocenters. The summed E-state index contributed by atoms with van der Waals surface area (Å²) in [6.07, 6.45) is 2.57. The Labute approximate surface area is 127 Å². The number of carbonyl (C=O) groups is 1. The average molecular weight is 331 g/mol. The van der Waals surface area contributed by atoms with E-state index in [0.29, 0.717) is 0 Å². The molecule has 1 saturated heterocycles. The van der Waals surface area contributed by atoms with Gasteiger partial charge in [0.2, 0.25) is 0 Å². The van der Waals surface area contributed by atoms with Gasteiger partial charge in [0.1, 0.15) is 16.5 Å². The molecule has 2 aromatic rings. The zero-order chi connectivity index (χ0) is 16.1. The van der Waals surface area contributed by atoms with Gasteiger partial charge in [-0.05, 0) is 0 Å². The molecule has 0 aliphatic carbocycles. The van der Waals surface area contributed by atoms with Crippen molar-refractivity contribution in [3.8, 4) is 11.4 Å². The highest BCUT2D eigenvalue weighted by Crippen LogP contribution is 2.45. The number of halogens is 3. The van der Waals surface area contributed by atoms with E-state index < -0.39 is 29.7 Å². The molecule has 0 unspecified atom stereocenters. The summed E-state index contributed by atoms with van der Waals surface area (Å²) < 4.78 is 32.8. The third-order valence-electron chi connectivity index (χ3n) is 3.36. The van der Waals surface area contributed by atoms with Crippen LogP contribution in [0.4, 0.5) is 8.78 Å². The molecule has 10 heteroatoms. The number of aliphatic hydroxyl groups is 1. The number of likely N-dealkylation sites (N-methyl/N-ethyl adjacent to an activating group) is 1. The monoisotopic (exact) mass is 330 g/mol. The highest BCUT2D eigenvalue weighted by Gasteiger charge is 2.68. The van der Waals surface area contributed by atoms with Gasteiger partial charge >= 0.3 is 5.92 Å². The molecule has 7 nitrogen and oxygen atoms in total. The molecule has 0 radical (unpaired) electrons. The first-order valence-corrected chi connectivity index (χ1v) is 6.44. The lowest BCUT2D eigenvalue weighted by Gasteiger charge is -2.22. The number of hydrogen-bond donors (Lipinski definition) is 1. The van der Waals surface area contributed by atoms with Gasteiger partial charge < -0.3 is 14.5 Å². The van der Waals surface area contributed by atoms with Gasteiger partial charge in [-0.25, -0.2) is 13.8 Å². The molecule has 3 rings (SSSR count). The summed E-state index contributed by atoms with van der Waals surface area (Å²) in [5, 5.41) is 13.8. The fourth-order valence-electron chi connectivity index (χ4n) is 2.23. The third-order valence-corrected chi connectivity index (χ3v) is 3.54. The van der Waals surface area contributed by atoms with E-state index in [2.05, 4.69) is 15.1 Å². The minimum atomic E-state index is -3.71. The number of alkyl halides is 2. The Bertz CT molecular complexity index is 753. The van der Waals surface area contributed by atoms with E-state index >= 15 is 0 Å². The van der Waals surface area contributed by atoms with Crippen LogP contribution in [0.1, 0.15) is 5.76 Å². The molecule has 1 aliphatic rings. The third kappa shape index (κ3) is 1.97. The highest BCUT2D eigenvalue weighted by atomic mass is 35.5. The van der Waals surface area contributed by atoms with Gasteiger partial charge in [0.05, 0.1) is 18.9 Å². The summed E-state index contributed by atoms with van der Waals surface area (Å²) in [6.45, 7) is -0.921. The predicted octanol–water partition coefficient (Wildman–Crippen LogP) is 1.08. The Kier molecular flexibility index (Phi) is 3.15. The second-order valence-electron chi connectivity index (χ2n) is 4.88. The molecule has 1 amide bonds. The number of carbonyl (C=O) groups excluding carboxylic acids is 1. The van der Waals surface area contributed by atoms with Crippen molar-refractivity contribution in [2.75, 3.05) is 13.6 Å². The second kappa shape index (κ2) is 4.68. The van der Waals surface area contributed by atoms with Crippen molar-refractivity contribution < 1.29 is 23.2 Å². The van der Waals surface area contributed by atoms with Crippen LogP contribution in [0.5, 0.6) is 0 Å². The number of amides is 1. The topological polar surface area (TPSA) is 92.3 Å². The minimum absolute atomic E-state index is 0.0246. The number of rotatable bonds is 2. The van der Waals surface area contributed by atoms with Crippen molar-refractivity contribution in [1.82, 2.24) is 20.0 Å². The van der Waals surface area contributed by atoms with Gasteiger partial charge in [-0.1, -0.05) is 16.8 Å². The molecule has 22 heavy (non-hydrogen) atoms. The zero-order valence-electron chi connectivity index (χ0n) is 11.1. The maximum absolute atomic E-state index is 14.0. The van der Waals surface area contributed by atoms with E-state index in [1.807, 2.05) is 0 Å². The molecule has 116 valence electrons. The summed E-state index contributed by atoms with van der Waals surface area (Å²) in [5.41, 5.74) is -2.91. The highest BCUT2D eigenvalue weighted by molar-refractivity contribution is 6.29. The van der Waals surface area contributed by atoms with Gasteiger partial charge in [0.15, 0.2) is 5.76 Å². The summed E-state index contributed by atoms with van der Waals surface area (Å²) >= 11 is 5.68. The minimum Gasteiger partial charge on any atom is -0.368 e. The van der Waals surface area contributed by atoms with E-state index in [1.54, 1.807) is 0 Å². The van der Waals surface area contributed by atoms with Crippen LogP contribution in [0.2, 0.25) is 5.15 Å². The number of aromatic nitrogens is 3. The fourth-order valence-corrected chi connectivity index (χ4v) is 2.38. The second-order valence-corrected chi connectivity index (χ2v) is 5.27.